The average Bonchev–Trinajstić information content (AvgIpc) is 3.01. The fourth-order valence-electron chi connectivity index (χ4n) is 3.08. The van der Waals surface area contributed by atoms with Crippen molar-refractivity contribution in [2.75, 3.05) is 11.6 Å². The number of carbonyl (C=O) groups excluding carboxylic acids is 1. The number of benzene rings is 2. The molecule has 0 bridgehead atoms. The number of hydrazone groups is 1. The zero-order valence-corrected chi connectivity index (χ0v) is 16.6. The van der Waals surface area contributed by atoms with Gasteiger partial charge < -0.3 is 4.74 Å². The summed E-state index contributed by atoms with van der Waals surface area (Å²) in [4.78, 5) is 12.7. The van der Waals surface area contributed by atoms with Crippen molar-refractivity contribution in [2.24, 2.45) is 5.10 Å². The highest BCUT2D eigenvalue weighted by atomic mass is 19.2. The summed E-state index contributed by atoms with van der Waals surface area (Å²) < 4.78 is 74.2. The van der Waals surface area contributed by atoms with Gasteiger partial charge in [-0.1, -0.05) is 12.1 Å². The van der Waals surface area contributed by atoms with E-state index in [1.807, 2.05) is 6.92 Å². The third kappa shape index (κ3) is 3.95. The number of nitrogens with zero attached hydrogens (tertiary/aromatic N) is 2. The monoisotopic (exact) mass is 436 g/mol. The van der Waals surface area contributed by atoms with Gasteiger partial charge in [0, 0.05) is 0 Å². The van der Waals surface area contributed by atoms with Gasteiger partial charge in [0.25, 0.3) is 5.91 Å². The van der Waals surface area contributed by atoms with E-state index in [-0.39, 0.29) is 16.3 Å². The SMILES string of the molecule is C=CCc1cc(/C=C2/C(=O)N(c3c(F)c(F)c(F)c(F)c3F)N=C2C)ccc1OCC. The minimum Gasteiger partial charge on any atom is -0.494 e. The van der Waals surface area contributed by atoms with E-state index < -0.39 is 40.7 Å². The summed E-state index contributed by atoms with van der Waals surface area (Å²) in [6.07, 6.45) is 3.58. The van der Waals surface area contributed by atoms with E-state index in [0.29, 0.717) is 24.3 Å². The van der Waals surface area contributed by atoms with Gasteiger partial charge in [-0.3, -0.25) is 4.79 Å². The number of anilines is 1. The molecule has 4 nitrogen and oxygen atoms in total. The van der Waals surface area contributed by atoms with Gasteiger partial charge in [0.2, 0.25) is 5.82 Å². The van der Waals surface area contributed by atoms with E-state index in [1.165, 1.54) is 13.0 Å². The molecule has 0 fully saturated rings. The van der Waals surface area contributed by atoms with Crippen molar-refractivity contribution >= 4 is 23.4 Å². The maximum absolute atomic E-state index is 14.1. The molecule has 0 unspecified atom stereocenters. The summed E-state index contributed by atoms with van der Waals surface area (Å²) in [5.41, 5.74) is -0.0886. The standard InChI is InChI=1S/C22H17F5N2O2/c1-4-6-13-9-12(7-8-15(13)31-5-2)10-14-11(3)28-29(22(14)30)21-19(26)17(24)16(23)18(25)20(21)27/h4,7-10H,1,5-6H2,2-3H3/b14-10+. The van der Waals surface area contributed by atoms with Crippen LogP contribution in [0.15, 0.2) is 41.5 Å². The molecule has 1 heterocycles. The molecule has 0 atom stereocenters. The first-order valence-corrected chi connectivity index (χ1v) is 9.21. The Labute approximate surface area is 174 Å². The number of halogens is 5. The maximum atomic E-state index is 14.1. The molecule has 0 radical (unpaired) electrons. The van der Waals surface area contributed by atoms with Crippen molar-refractivity contribution in [3.8, 4) is 5.75 Å². The average molecular weight is 436 g/mol. The molecule has 0 N–H and O–H groups in total. The van der Waals surface area contributed by atoms with Gasteiger partial charge in [-0.05, 0) is 49.6 Å². The third-order valence-electron chi connectivity index (χ3n) is 4.52. The lowest BCUT2D eigenvalue weighted by atomic mass is 10.0. The molecular weight excluding hydrogens is 419 g/mol. The second-order valence-electron chi connectivity index (χ2n) is 6.57. The van der Waals surface area contributed by atoms with Crippen molar-refractivity contribution in [3.63, 3.8) is 0 Å². The van der Waals surface area contributed by atoms with Gasteiger partial charge in [0.05, 0.1) is 17.9 Å². The number of carbonyl (C=O) groups is 1. The van der Waals surface area contributed by atoms with Crippen LogP contribution in [0.4, 0.5) is 27.6 Å². The topological polar surface area (TPSA) is 41.9 Å². The molecule has 162 valence electrons. The number of hydrogen-bond acceptors (Lipinski definition) is 3. The predicted molar refractivity (Wildman–Crippen MR) is 106 cm³/mol. The lowest BCUT2D eigenvalue weighted by Gasteiger charge is -2.15. The Balaban J connectivity index is 2.04. The van der Waals surface area contributed by atoms with Gasteiger partial charge in [0.1, 0.15) is 11.4 Å². The van der Waals surface area contributed by atoms with Crippen molar-refractivity contribution < 1.29 is 31.5 Å². The highest BCUT2D eigenvalue weighted by molar-refractivity contribution is 6.32. The van der Waals surface area contributed by atoms with E-state index in [0.717, 1.165) is 5.56 Å². The zero-order chi connectivity index (χ0) is 22.9. The summed E-state index contributed by atoms with van der Waals surface area (Å²) in [5, 5.41) is 3.89. The Hall–Kier alpha value is -3.49. The lowest BCUT2D eigenvalue weighted by Crippen LogP contribution is -2.25. The first-order chi connectivity index (χ1) is 14.7. The second kappa shape index (κ2) is 8.71. The molecule has 1 aliphatic heterocycles. The summed E-state index contributed by atoms with van der Waals surface area (Å²) in [6, 6.07) is 5.09. The van der Waals surface area contributed by atoms with Gasteiger partial charge in [0.15, 0.2) is 23.3 Å². The Bertz CT molecular complexity index is 1110. The van der Waals surface area contributed by atoms with Gasteiger partial charge >= 0.3 is 0 Å². The van der Waals surface area contributed by atoms with Crippen LogP contribution in [-0.4, -0.2) is 18.2 Å². The molecule has 9 heteroatoms. The molecule has 2 aromatic rings. The van der Waals surface area contributed by atoms with E-state index in [1.54, 1.807) is 24.3 Å². The Morgan fingerprint density at radius 1 is 1.06 bits per heavy atom. The largest absolute Gasteiger partial charge is 0.494 e. The van der Waals surface area contributed by atoms with Crippen LogP contribution < -0.4 is 9.75 Å². The number of amides is 1. The molecule has 1 amide bonds. The van der Waals surface area contributed by atoms with Crippen LogP contribution in [0.3, 0.4) is 0 Å². The fourth-order valence-corrected chi connectivity index (χ4v) is 3.08. The van der Waals surface area contributed by atoms with Crippen LogP contribution in [0.5, 0.6) is 5.75 Å². The predicted octanol–water partition coefficient (Wildman–Crippen LogP) is 5.32. The highest BCUT2D eigenvalue weighted by Crippen LogP contribution is 2.34. The number of ether oxygens (including phenoxy) is 1. The van der Waals surface area contributed by atoms with Crippen molar-refractivity contribution in [1.29, 1.82) is 0 Å². The molecule has 31 heavy (non-hydrogen) atoms. The van der Waals surface area contributed by atoms with E-state index in [9.17, 15) is 26.7 Å². The molecule has 3 rings (SSSR count). The highest BCUT2D eigenvalue weighted by Gasteiger charge is 2.37. The molecule has 0 aromatic heterocycles. The summed E-state index contributed by atoms with van der Waals surface area (Å²) in [7, 11) is 0. The van der Waals surface area contributed by atoms with Crippen LogP contribution in [0.25, 0.3) is 6.08 Å². The van der Waals surface area contributed by atoms with E-state index in [4.69, 9.17) is 4.74 Å². The van der Waals surface area contributed by atoms with Crippen molar-refractivity contribution in [2.45, 2.75) is 20.3 Å². The summed E-state index contributed by atoms with van der Waals surface area (Å²) >= 11 is 0. The molecule has 1 aliphatic rings. The molecule has 2 aromatic carbocycles. The second-order valence-corrected chi connectivity index (χ2v) is 6.57. The Morgan fingerprint density at radius 3 is 2.26 bits per heavy atom. The number of allylic oxidation sites excluding steroid dienone is 1. The summed E-state index contributed by atoms with van der Waals surface area (Å²) in [6.45, 7) is 7.35. The Kier molecular flexibility index (Phi) is 6.24. The van der Waals surface area contributed by atoms with E-state index in [2.05, 4.69) is 11.7 Å². The van der Waals surface area contributed by atoms with E-state index >= 15 is 0 Å². The first kappa shape index (κ1) is 22.2. The zero-order valence-electron chi connectivity index (χ0n) is 16.6. The van der Waals surface area contributed by atoms with Crippen molar-refractivity contribution in [1.82, 2.24) is 0 Å². The summed E-state index contributed by atoms with van der Waals surface area (Å²) in [5.74, 6) is -11.3. The molecule has 0 spiro atoms. The first-order valence-electron chi connectivity index (χ1n) is 9.21. The number of hydrogen-bond donors (Lipinski definition) is 0. The molecule has 0 aliphatic carbocycles. The smallest absolute Gasteiger partial charge is 0.280 e. The van der Waals surface area contributed by atoms with Crippen LogP contribution in [-0.2, 0) is 11.2 Å². The normalized spacial score (nSPS) is 14.9. The maximum Gasteiger partial charge on any atom is 0.280 e. The quantitative estimate of drug-likeness (QED) is 0.202. The van der Waals surface area contributed by atoms with Crippen molar-refractivity contribution in [3.05, 3.63) is 76.6 Å². The fraction of sp³-hybridized carbons (Fsp3) is 0.182. The Morgan fingerprint density at radius 2 is 1.68 bits per heavy atom. The van der Waals surface area contributed by atoms with Crippen LogP contribution in [0.1, 0.15) is 25.0 Å². The van der Waals surface area contributed by atoms with Crippen LogP contribution in [0, 0.1) is 29.1 Å². The van der Waals surface area contributed by atoms with Gasteiger partial charge in [-0.2, -0.15) is 10.1 Å². The third-order valence-corrected chi connectivity index (χ3v) is 4.52. The number of rotatable bonds is 6. The molecular formula is C22H17F5N2O2. The van der Waals surface area contributed by atoms with Gasteiger partial charge in [-0.15, -0.1) is 6.58 Å². The van der Waals surface area contributed by atoms with Gasteiger partial charge in [-0.25, -0.2) is 22.0 Å². The minimum atomic E-state index is -2.31. The molecule has 0 saturated carbocycles. The van der Waals surface area contributed by atoms with Crippen LogP contribution in [0.2, 0.25) is 0 Å². The minimum absolute atomic E-state index is 0.0492. The molecule has 0 saturated heterocycles. The van der Waals surface area contributed by atoms with Crippen LogP contribution >= 0.6 is 0 Å². The lowest BCUT2D eigenvalue weighted by molar-refractivity contribution is -0.114.